The highest BCUT2D eigenvalue weighted by Gasteiger charge is 2.39. The summed E-state index contributed by atoms with van der Waals surface area (Å²) in [5.41, 5.74) is 1.14. The van der Waals surface area contributed by atoms with Gasteiger partial charge in [0.25, 0.3) is 0 Å². The van der Waals surface area contributed by atoms with Crippen molar-refractivity contribution in [2.45, 2.75) is 25.2 Å². The van der Waals surface area contributed by atoms with E-state index in [9.17, 15) is 9.59 Å². The fourth-order valence-electron chi connectivity index (χ4n) is 3.18. The van der Waals surface area contributed by atoms with E-state index < -0.39 is 5.79 Å². The lowest BCUT2D eigenvalue weighted by molar-refractivity contribution is -0.160. The maximum absolute atomic E-state index is 12.6. The Kier molecular flexibility index (Phi) is 3.21. The minimum Gasteiger partial charge on any atom is -0.481 e. The van der Waals surface area contributed by atoms with Crippen LogP contribution in [0.2, 0.25) is 0 Å². The Morgan fingerprint density at radius 2 is 1.74 bits per heavy atom. The molecule has 23 heavy (non-hydrogen) atoms. The molecule has 1 aromatic rings. The molecule has 2 heterocycles. The van der Waals surface area contributed by atoms with E-state index in [1.807, 2.05) is 6.92 Å². The third kappa shape index (κ3) is 2.33. The van der Waals surface area contributed by atoms with Gasteiger partial charge >= 0.3 is 0 Å². The molecule has 1 unspecified atom stereocenters. The number of allylic oxidation sites excluding steroid dienone is 3. The number of hydrogen-bond donors (Lipinski definition) is 0. The highest BCUT2D eigenvalue weighted by atomic mass is 16.7. The number of carbonyl (C=O) groups excluding carboxylic acids is 2. The van der Waals surface area contributed by atoms with Crippen LogP contribution in [-0.4, -0.2) is 36.7 Å². The second-order valence-corrected chi connectivity index (χ2v) is 6.00. The first-order valence-electron chi connectivity index (χ1n) is 7.63. The van der Waals surface area contributed by atoms with Crippen LogP contribution in [0.25, 0.3) is 0 Å². The highest BCUT2D eigenvalue weighted by molar-refractivity contribution is 6.27. The third-order valence-electron chi connectivity index (χ3n) is 4.33. The Bertz CT molecular complexity index is 752. The molecule has 2 aliphatic heterocycles. The van der Waals surface area contributed by atoms with Crippen LogP contribution in [0.5, 0.6) is 0 Å². The molecule has 4 rings (SSSR count). The Labute approximate surface area is 133 Å². The van der Waals surface area contributed by atoms with E-state index in [4.69, 9.17) is 14.2 Å². The van der Waals surface area contributed by atoms with Crippen molar-refractivity contribution >= 4 is 11.6 Å². The number of fused-ring (bicyclic) bond motifs is 1. The Balaban J connectivity index is 1.62. The Morgan fingerprint density at radius 1 is 1.09 bits per heavy atom. The molecule has 0 bridgehead atoms. The highest BCUT2D eigenvalue weighted by Crippen LogP contribution is 2.34. The quantitative estimate of drug-likeness (QED) is 0.839. The molecular weight excluding hydrogens is 296 g/mol. The largest absolute Gasteiger partial charge is 0.481 e. The maximum atomic E-state index is 12.6. The van der Waals surface area contributed by atoms with Crippen LogP contribution < -0.4 is 0 Å². The van der Waals surface area contributed by atoms with E-state index in [2.05, 4.69) is 0 Å². The van der Waals surface area contributed by atoms with Crippen molar-refractivity contribution in [3.8, 4) is 0 Å². The average Bonchev–Trinajstić information content (AvgIpc) is 2.99. The van der Waals surface area contributed by atoms with Crippen molar-refractivity contribution in [1.29, 1.82) is 0 Å². The second kappa shape index (κ2) is 5.15. The summed E-state index contributed by atoms with van der Waals surface area (Å²) in [6.45, 7) is 2.95. The lowest BCUT2D eigenvalue weighted by Crippen LogP contribution is -2.35. The minimum atomic E-state index is -0.716. The lowest BCUT2D eigenvalue weighted by atomic mass is 9.86. The standard InChI is InChI=1S/C18H16O5/c1-18(21-8-9-22-18)10-11-6-7-14-15(19)12-4-2-3-5-13(12)16(20)17(14)23-11/h2-7,11H,8-10H2,1H3. The van der Waals surface area contributed by atoms with Gasteiger partial charge in [0.2, 0.25) is 5.78 Å². The van der Waals surface area contributed by atoms with Crippen molar-refractivity contribution in [2.75, 3.05) is 13.2 Å². The number of carbonyl (C=O) groups is 2. The van der Waals surface area contributed by atoms with Crippen LogP contribution in [0.4, 0.5) is 0 Å². The van der Waals surface area contributed by atoms with Crippen LogP contribution in [0.15, 0.2) is 47.7 Å². The second-order valence-electron chi connectivity index (χ2n) is 6.00. The van der Waals surface area contributed by atoms with E-state index in [0.29, 0.717) is 36.3 Å². The lowest BCUT2D eigenvalue weighted by Gasteiger charge is -2.31. The summed E-state index contributed by atoms with van der Waals surface area (Å²) < 4.78 is 17.0. The fourth-order valence-corrected chi connectivity index (χ4v) is 3.18. The number of ketones is 2. The molecule has 0 aromatic heterocycles. The zero-order chi connectivity index (χ0) is 16.0. The van der Waals surface area contributed by atoms with Crippen molar-refractivity contribution in [3.05, 3.63) is 58.9 Å². The summed E-state index contributed by atoms with van der Waals surface area (Å²) in [6.07, 6.45) is 3.56. The maximum Gasteiger partial charge on any atom is 0.229 e. The molecule has 0 N–H and O–H groups in total. The molecule has 0 radical (unpaired) electrons. The van der Waals surface area contributed by atoms with Gasteiger partial charge in [0, 0.05) is 17.5 Å². The number of ether oxygens (including phenoxy) is 3. The monoisotopic (exact) mass is 312 g/mol. The number of Topliss-reactive ketones (excluding diaryl/α,β-unsaturated/α-hetero) is 2. The van der Waals surface area contributed by atoms with Gasteiger partial charge in [-0.05, 0) is 19.1 Å². The number of benzene rings is 1. The fraction of sp³-hybridized carbons (Fsp3) is 0.333. The van der Waals surface area contributed by atoms with Gasteiger partial charge in [-0.1, -0.05) is 24.3 Å². The van der Waals surface area contributed by atoms with Gasteiger partial charge in [0.05, 0.1) is 18.8 Å². The SMILES string of the molecule is CC1(CC2C=CC3=C(O2)C(=O)c2ccccc2C3=O)OCCO1. The zero-order valence-electron chi connectivity index (χ0n) is 12.7. The summed E-state index contributed by atoms with van der Waals surface area (Å²) in [7, 11) is 0. The van der Waals surface area contributed by atoms with Gasteiger partial charge < -0.3 is 14.2 Å². The molecule has 0 spiro atoms. The summed E-state index contributed by atoms with van der Waals surface area (Å²) in [6, 6.07) is 6.81. The molecule has 5 nitrogen and oxygen atoms in total. The Morgan fingerprint density at radius 3 is 2.43 bits per heavy atom. The molecule has 1 atom stereocenters. The molecule has 1 aliphatic carbocycles. The first kappa shape index (κ1) is 14.4. The molecule has 1 saturated heterocycles. The van der Waals surface area contributed by atoms with Gasteiger partial charge in [0.1, 0.15) is 6.10 Å². The van der Waals surface area contributed by atoms with Crippen molar-refractivity contribution in [3.63, 3.8) is 0 Å². The summed E-state index contributed by atoms with van der Waals surface area (Å²) in [5, 5.41) is 0. The predicted molar refractivity (Wildman–Crippen MR) is 81.1 cm³/mol. The molecule has 1 fully saturated rings. The topological polar surface area (TPSA) is 61.8 Å². The normalized spacial score (nSPS) is 25.2. The van der Waals surface area contributed by atoms with Gasteiger partial charge in [-0.25, -0.2) is 0 Å². The van der Waals surface area contributed by atoms with E-state index in [0.717, 1.165) is 0 Å². The molecule has 0 saturated carbocycles. The van der Waals surface area contributed by atoms with Gasteiger partial charge in [-0.3, -0.25) is 9.59 Å². The molecule has 5 heteroatoms. The average molecular weight is 312 g/mol. The summed E-state index contributed by atoms with van der Waals surface area (Å²) in [4.78, 5) is 25.1. The van der Waals surface area contributed by atoms with E-state index in [1.165, 1.54) is 0 Å². The molecule has 1 aromatic carbocycles. The molecule has 118 valence electrons. The van der Waals surface area contributed by atoms with Gasteiger partial charge in [-0.2, -0.15) is 0 Å². The van der Waals surface area contributed by atoms with Crippen molar-refractivity contribution in [2.24, 2.45) is 0 Å². The van der Waals surface area contributed by atoms with Crippen LogP contribution in [0.3, 0.4) is 0 Å². The molecule has 3 aliphatic rings. The zero-order valence-corrected chi connectivity index (χ0v) is 12.7. The first-order chi connectivity index (χ1) is 11.1. The minimum absolute atomic E-state index is 0.128. The summed E-state index contributed by atoms with van der Waals surface area (Å²) in [5.74, 6) is -1.01. The van der Waals surface area contributed by atoms with Crippen molar-refractivity contribution in [1.82, 2.24) is 0 Å². The number of rotatable bonds is 2. The van der Waals surface area contributed by atoms with Gasteiger partial charge in [0.15, 0.2) is 17.3 Å². The first-order valence-corrected chi connectivity index (χ1v) is 7.63. The Hall–Kier alpha value is -2.24. The van der Waals surface area contributed by atoms with E-state index >= 15 is 0 Å². The van der Waals surface area contributed by atoms with Crippen LogP contribution in [0.1, 0.15) is 34.1 Å². The van der Waals surface area contributed by atoms with E-state index in [-0.39, 0.29) is 23.4 Å². The van der Waals surface area contributed by atoms with Crippen LogP contribution in [-0.2, 0) is 14.2 Å². The number of hydrogen-bond acceptors (Lipinski definition) is 5. The molecule has 0 amide bonds. The van der Waals surface area contributed by atoms with E-state index in [1.54, 1.807) is 36.4 Å². The smallest absolute Gasteiger partial charge is 0.229 e. The third-order valence-corrected chi connectivity index (χ3v) is 4.33. The van der Waals surface area contributed by atoms with Crippen molar-refractivity contribution < 1.29 is 23.8 Å². The predicted octanol–water partition coefficient (Wildman–Crippen LogP) is 2.43. The van der Waals surface area contributed by atoms with Gasteiger partial charge in [-0.15, -0.1) is 0 Å². The van der Waals surface area contributed by atoms with Crippen LogP contribution in [0, 0.1) is 0 Å². The summed E-state index contributed by atoms with van der Waals surface area (Å²) >= 11 is 0. The van der Waals surface area contributed by atoms with Crippen LogP contribution >= 0.6 is 0 Å². The molecular formula is C18H16O5.